The molecule has 2 nitrogen and oxygen atoms in total. The van der Waals surface area contributed by atoms with Crippen LogP contribution in [0.1, 0.15) is 16.7 Å². The van der Waals surface area contributed by atoms with Gasteiger partial charge in [-0.1, -0.05) is 46.3 Å². The summed E-state index contributed by atoms with van der Waals surface area (Å²) in [7, 11) is 0. The monoisotopic (exact) mass is 349 g/mol. The largest absolute Gasteiger partial charge is 0.493 e. The minimum Gasteiger partial charge on any atom is -0.493 e. The molecule has 0 radical (unpaired) electrons. The van der Waals surface area contributed by atoms with Crippen molar-refractivity contribution >= 4 is 15.9 Å². The third-order valence-corrected chi connectivity index (χ3v) is 4.37. The Labute approximate surface area is 132 Å². The number of ether oxygens (including phenoxy) is 1. The number of fused-ring (bicyclic) bond motifs is 1. The molecular formula is C17H17BrFNO. The maximum Gasteiger partial charge on any atom is 0.152 e. The van der Waals surface area contributed by atoms with Gasteiger partial charge in [-0.25, -0.2) is 4.39 Å². The molecule has 1 aliphatic rings. The normalized spacial score (nSPS) is 16.1. The second-order valence-electron chi connectivity index (χ2n) is 5.36. The van der Waals surface area contributed by atoms with Crippen LogP contribution in [0.5, 0.6) is 5.75 Å². The molecule has 2 aromatic rings. The Kier molecular flexibility index (Phi) is 4.00. The van der Waals surface area contributed by atoms with E-state index in [1.165, 1.54) is 0 Å². The van der Waals surface area contributed by atoms with E-state index >= 15 is 4.39 Å². The van der Waals surface area contributed by atoms with Crippen LogP contribution in [-0.4, -0.2) is 13.2 Å². The lowest BCUT2D eigenvalue weighted by molar-refractivity contribution is 0.173. The van der Waals surface area contributed by atoms with Crippen molar-refractivity contribution < 1.29 is 9.13 Å². The Morgan fingerprint density at radius 2 is 2.00 bits per heavy atom. The number of halogens is 2. The summed E-state index contributed by atoms with van der Waals surface area (Å²) in [6, 6.07) is 13.1. The molecule has 1 atom stereocenters. The maximum atomic E-state index is 15.3. The van der Waals surface area contributed by atoms with E-state index in [-0.39, 0.29) is 13.0 Å². The molecule has 2 N–H and O–H groups in total. The highest BCUT2D eigenvalue weighted by Crippen LogP contribution is 2.38. The van der Waals surface area contributed by atoms with Gasteiger partial charge < -0.3 is 10.5 Å². The van der Waals surface area contributed by atoms with Gasteiger partial charge in [0.1, 0.15) is 5.75 Å². The summed E-state index contributed by atoms with van der Waals surface area (Å²) in [6.45, 7) is 0.602. The van der Waals surface area contributed by atoms with Gasteiger partial charge in [0.2, 0.25) is 0 Å². The van der Waals surface area contributed by atoms with Crippen LogP contribution in [0, 0.1) is 0 Å². The molecule has 0 aromatic heterocycles. The Hall–Kier alpha value is -1.39. The van der Waals surface area contributed by atoms with E-state index in [0.717, 1.165) is 27.8 Å². The fraction of sp³-hybridized carbons (Fsp3) is 0.294. The van der Waals surface area contributed by atoms with Crippen molar-refractivity contribution in [3.63, 3.8) is 0 Å². The van der Waals surface area contributed by atoms with Crippen molar-refractivity contribution in [2.24, 2.45) is 5.73 Å². The minimum atomic E-state index is -1.58. The summed E-state index contributed by atoms with van der Waals surface area (Å²) >= 11 is 3.49. The number of rotatable bonds is 4. The molecule has 110 valence electrons. The number of hydrogen-bond donors (Lipinski definition) is 1. The number of hydrogen-bond acceptors (Lipinski definition) is 2. The third kappa shape index (κ3) is 2.83. The summed E-state index contributed by atoms with van der Waals surface area (Å²) in [4.78, 5) is 0. The molecular weight excluding hydrogens is 333 g/mol. The molecule has 1 unspecified atom stereocenters. The molecule has 0 saturated heterocycles. The van der Waals surface area contributed by atoms with Crippen LogP contribution in [-0.2, 0) is 18.5 Å². The fourth-order valence-corrected chi connectivity index (χ4v) is 3.36. The van der Waals surface area contributed by atoms with E-state index in [0.29, 0.717) is 12.2 Å². The summed E-state index contributed by atoms with van der Waals surface area (Å²) in [6.07, 6.45) is 1.09. The van der Waals surface area contributed by atoms with Crippen molar-refractivity contribution in [2.45, 2.75) is 18.5 Å². The van der Waals surface area contributed by atoms with Gasteiger partial charge in [-0.2, -0.15) is 0 Å². The van der Waals surface area contributed by atoms with E-state index in [1.807, 2.05) is 30.3 Å². The summed E-state index contributed by atoms with van der Waals surface area (Å²) in [5, 5.41) is 0. The number of alkyl halides is 1. The van der Waals surface area contributed by atoms with Crippen LogP contribution < -0.4 is 10.5 Å². The topological polar surface area (TPSA) is 35.2 Å². The zero-order chi connectivity index (χ0) is 14.9. The predicted octanol–water partition coefficient (Wildman–Crippen LogP) is 3.75. The van der Waals surface area contributed by atoms with Crippen LogP contribution in [0.4, 0.5) is 4.39 Å². The van der Waals surface area contributed by atoms with Crippen molar-refractivity contribution in [1.82, 2.24) is 0 Å². The lowest BCUT2D eigenvalue weighted by Crippen LogP contribution is -2.32. The van der Waals surface area contributed by atoms with Crippen molar-refractivity contribution in [3.8, 4) is 5.75 Å². The smallest absolute Gasteiger partial charge is 0.152 e. The molecule has 1 aliphatic heterocycles. The van der Waals surface area contributed by atoms with Gasteiger partial charge in [-0.3, -0.25) is 0 Å². The van der Waals surface area contributed by atoms with Crippen molar-refractivity contribution in [3.05, 3.63) is 63.6 Å². The lowest BCUT2D eigenvalue weighted by atomic mass is 9.88. The third-order valence-electron chi connectivity index (χ3n) is 3.91. The zero-order valence-corrected chi connectivity index (χ0v) is 13.2. The highest BCUT2D eigenvalue weighted by atomic mass is 79.9. The standard InChI is InChI=1S/C17H17BrFNO/c18-15-8-12-6-7-21-16(12)13(9-15)10-17(19,11-20)14-4-2-1-3-5-14/h1-5,8-9H,6-7,10-11,20H2. The lowest BCUT2D eigenvalue weighted by Gasteiger charge is -2.25. The highest BCUT2D eigenvalue weighted by Gasteiger charge is 2.33. The van der Waals surface area contributed by atoms with Crippen molar-refractivity contribution in [1.29, 1.82) is 0 Å². The molecule has 0 fully saturated rings. The Balaban J connectivity index is 1.99. The fourth-order valence-electron chi connectivity index (χ4n) is 2.81. The summed E-state index contributed by atoms with van der Waals surface area (Å²) < 4.78 is 22.0. The van der Waals surface area contributed by atoms with Crippen LogP contribution >= 0.6 is 15.9 Å². The summed E-state index contributed by atoms with van der Waals surface area (Å²) in [5.41, 5.74) is 6.77. The number of nitrogens with two attached hydrogens (primary N) is 1. The second kappa shape index (κ2) is 5.78. The SMILES string of the molecule is NCC(F)(Cc1cc(Br)cc2c1OCC2)c1ccccc1. The highest BCUT2D eigenvalue weighted by molar-refractivity contribution is 9.10. The van der Waals surface area contributed by atoms with E-state index in [9.17, 15) is 0 Å². The van der Waals surface area contributed by atoms with Gasteiger partial charge in [0.15, 0.2) is 5.67 Å². The molecule has 0 bridgehead atoms. The molecule has 0 saturated carbocycles. The Bertz CT molecular complexity index is 647. The van der Waals surface area contributed by atoms with Gasteiger partial charge in [0.05, 0.1) is 6.61 Å². The Morgan fingerprint density at radius 1 is 1.24 bits per heavy atom. The molecule has 3 rings (SSSR count). The average molecular weight is 350 g/mol. The molecule has 21 heavy (non-hydrogen) atoms. The van der Waals surface area contributed by atoms with Crippen molar-refractivity contribution in [2.75, 3.05) is 13.2 Å². The quantitative estimate of drug-likeness (QED) is 0.912. The average Bonchev–Trinajstić information content (AvgIpc) is 2.96. The van der Waals surface area contributed by atoms with E-state index in [4.69, 9.17) is 10.5 Å². The summed E-state index contributed by atoms with van der Waals surface area (Å²) in [5.74, 6) is 0.824. The molecule has 4 heteroatoms. The first kappa shape index (κ1) is 14.5. The minimum absolute atomic E-state index is 0.0572. The van der Waals surface area contributed by atoms with Gasteiger partial charge in [0.25, 0.3) is 0 Å². The van der Waals surface area contributed by atoms with Gasteiger partial charge in [0, 0.05) is 23.9 Å². The van der Waals surface area contributed by atoms with Gasteiger partial charge in [-0.15, -0.1) is 0 Å². The van der Waals surface area contributed by atoms with Crippen LogP contribution in [0.3, 0.4) is 0 Å². The van der Waals surface area contributed by atoms with E-state index in [2.05, 4.69) is 15.9 Å². The maximum absolute atomic E-state index is 15.3. The van der Waals surface area contributed by atoms with Gasteiger partial charge in [-0.05, 0) is 28.8 Å². The first-order chi connectivity index (χ1) is 10.1. The second-order valence-corrected chi connectivity index (χ2v) is 6.28. The molecule has 1 heterocycles. The molecule has 0 amide bonds. The predicted molar refractivity (Wildman–Crippen MR) is 85.3 cm³/mol. The Morgan fingerprint density at radius 3 is 2.71 bits per heavy atom. The van der Waals surface area contributed by atoms with Gasteiger partial charge >= 0.3 is 0 Å². The first-order valence-electron chi connectivity index (χ1n) is 7.01. The molecule has 0 spiro atoms. The van der Waals surface area contributed by atoms with E-state index in [1.54, 1.807) is 12.1 Å². The van der Waals surface area contributed by atoms with Crippen LogP contribution in [0.2, 0.25) is 0 Å². The zero-order valence-electron chi connectivity index (χ0n) is 11.6. The van der Waals surface area contributed by atoms with E-state index < -0.39 is 5.67 Å². The molecule has 0 aliphatic carbocycles. The first-order valence-corrected chi connectivity index (χ1v) is 7.80. The van der Waals surface area contributed by atoms with Crippen LogP contribution in [0.15, 0.2) is 46.9 Å². The number of benzene rings is 2. The van der Waals surface area contributed by atoms with Crippen LogP contribution in [0.25, 0.3) is 0 Å². The molecule has 2 aromatic carbocycles.